The zero-order valence-electron chi connectivity index (χ0n) is 9.54. The number of nitrogens with zero attached hydrogens (tertiary/aromatic N) is 3. The van der Waals surface area contributed by atoms with Crippen molar-refractivity contribution >= 4 is 17.2 Å². The molecule has 2 rings (SSSR count). The van der Waals surface area contributed by atoms with E-state index < -0.39 is 0 Å². The molecular formula is C11H14N4OS. The average molecular weight is 250 g/mol. The lowest BCUT2D eigenvalue weighted by molar-refractivity contribution is -0.124. The zero-order valence-corrected chi connectivity index (χ0v) is 10.4. The smallest absolute Gasteiger partial charge is 0.244 e. The standard InChI is InChI=1S/C11H14N4OS/c1-9(15-8-12-7-14-15)11(16)13-5-4-10-3-2-6-17-10/h2-3,6-9H,4-5H2,1H3,(H,13,16). The highest BCUT2D eigenvalue weighted by Crippen LogP contribution is 2.08. The van der Waals surface area contributed by atoms with Crippen LogP contribution in [0.3, 0.4) is 0 Å². The Morgan fingerprint density at radius 3 is 3.18 bits per heavy atom. The summed E-state index contributed by atoms with van der Waals surface area (Å²) >= 11 is 1.70. The Balaban J connectivity index is 1.77. The number of hydrogen-bond donors (Lipinski definition) is 1. The molecule has 0 aliphatic carbocycles. The lowest BCUT2D eigenvalue weighted by atomic mass is 10.3. The normalized spacial score (nSPS) is 12.3. The summed E-state index contributed by atoms with van der Waals surface area (Å²) in [4.78, 5) is 16.9. The van der Waals surface area contributed by atoms with Crippen LogP contribution in [0.25, 0.3) is 0 Å². The predicted octanol–water partition coefficient (Wildman–Crippen LogP) is 1.26. The van der Waals surface area contributed by atoms with Crippen molar-refractivity contribution in [2.24, 2.45) is 0 Å². The molecule has 0 fully saturated rings. The van der Waals surface area contributed by atoms with Crippen LogP contribution in [0.5, 0.6) is 0 Å². The van der Waals surface area contributed by atoms with Gasteiger partial charge < -0.3 is 5.32 Å². The second-order valence-corrected chi connectivity index (χ2v) is 4.70. The van der Waals surface area contributed by atoms with Crippen molar-refractivity contribution in [2.75, 3.05) is 6.54 Å². The highest BCUT2D eigenvalue weighted by Gasteiger charge is 2.14. The third-order valence-electron chi connectivity index (χ3n) is 2.46. The first-order valence-electron chi connectivity index (χ1n) is 5.41. The van der Waals surface area contributed by atoms with Crippen LogP contribution in [0, 0.1) is 0 Å². The molecule has 90 valence electrons. The molecule has 1 amide bonds. The van der Waals surface area contributed by atoms with E-state index in [1.54, 1.807) is 29.3 Å². The Labute approximate surface area is 103 Å². The van der Waals surface area contributed by atoms with Gasteiger partial charge in [-0.05, 0) is 24.8 Å². The number of thiophene rings is 1. The molecule has 2 heterocycles. The minimum atomic E-state index is -0.319. The lowest BCUT2D eigenvalue weighted by Gasteiger charge is -2.11. The summed E-state index contributed by atoms with van der Waals surface area (Å²) in [6.45, 7) is 2.45. The van der Waals surface area contributed by atoms with Gasteiger partial charge >= 0.3 is 0 Å². The summed E-state index contributed by atoms with van der Waals surface area (Å²) in [6, 6.07) is 3.76. The Hall–Kier alpha value is -1.69. The maximum Gasteiger partial charge on any atom is 0.244 e. The molecule has 0 aliphatic heterocycles. The first kappa shape index (κ1) is 11.8. The predicted molar refractivity (Wildman–Crippen MR) is 65.8 cm³/mol. The van der Waals surface area contributed by atoms with Gasteiger partial charge in [0.05, 0.1) is 0 Å². The molecule has 0 spiro atoms. The van der Waals surface area contributed by atoms with Gasteiger partial charge in [0.15, 0.2) is 0 Å². The van der Waals surface area contributed by atoms with Crippen LogP contribution < -0.4 is 5.32 Å². The fraction of sp³-hybridized carbons (Fsp3) is 0.364. The van der Waals surface area contributed by atoms with Crippen LogP contribution in [0.15, 0.2) is 30.2 Å². The molecule has 1 atom stereocenters. The molecule has 2 aromatic heterocycles. The molecule has 0 saturated heterocycles. The first-order chi connectivity index (χ1) is 8.27. The van der Waals surface area contributed by atoms with Crippen molar-refractivity contribution in [3.05, 3.63) is 35.0 Å². The van der Waals surface area contributed by atoms with E-state index in [4.69, 9.17) is 0 Å². The van der Waals surface area contributed by atoms with Crippen molar-refractivity contribution in [3.63, 3.8) is 0 Å². The number of amides is 1. The van der Waals surface area contributed by atoms with Crippen LogP contribution in [0.2, 0.25) is 0 Å². The Kier molecular flexibility index (Phi) is 3.87. The molecule has 6 heteroatoms. The van der Waals surface area contributed by atoms with Crippen molar-refractivity contribution in [1.82, 2.24) is 20.1 Å². The van der Waals surface area contributed by atoms with Gasteiger partial charge in [0.2, 0.25) is 5.91 Å². The van der Waals surface area contributed by atoms with Crippen molar-refractivity contribution < 1.29 is 4.79 Å². The summed E-state index contributed by atoms with van der Waals surface area (Å²) in [5, 5.41) is 8.87. The number of nitrogens with one attached hydrogen (secondary N) is 1. The molecule has 0 saturated carbocycles. The largest absolute Gasteiger partial charge is 0.354 e. The van der Waals surface area contributed by atoms with E-state index in [0.717, 1.165) is 6.42 Å². The van der Waals surface area contributed by atoms with E-state index >= 15 is 0 Å². The molecular weight excluding hydrogens is 236 g/mol. The van der Waals surface area contributed by atoms with Crippen LogP contribution >= 0.6 is 11.3 Å². The number of aromatic nitrogens is 3. The molecule has 0 aliphatic rings. The van der Waals surface area contributed by atoms with Gasteiger partial charge in [0, 0.05) is 11.4 Å². The molecule has 0 aromatic carbocycles. The van der Waals surface area contributed by atoms with E-state index in [1.165, 1.54) is 11.2 Å². The van der Waals surface area contributed by atoms with Crippen LogP contribution in [-0.4, -0.2) is 27.2 Å². The van der Waals surface area contributed by atoms with Crippen molar-refractivity contribution in [3.8, 4) is 0 Å². The van der Waals surface area contributed by atoms with Gasteiger partial charge in [-0.3, -0.25) is 4.79 Å². The van der Waals surface area contributed by atoms with E-state index in [-0.39, 0.29) is 11.9 Å². The Morgan fingerprint density at radius 2 is 2.53 bits per heavy atom. The van der Waals surface area contributed by atoms with E-state index in [1.807, 2.05) is 11.4 Å². The Morgan fingerprint density at radius 1 is 1.65 bits per heavy atom. The highest BCUT2D eigenvalue weighted by atomic mass is 32.1. The molecule has 1 unspecified atom stereocenters. The highest BCUT2D eigenvalue weighted by molar-refractivity contribution is 7.09. The lowest BCUT2D eigenvalue weighted by Crippen LogP contribution is -2.32. The van der Waals surface area contributed by atoms with Gasteiger partial charge in [0.25, 0.3) is 0 Å². The summed E-state index contributed by atoms with van der Waals surface area (Å²) in [7, 11) is 0. The fourth-order valence-electron chi connectivity index (χ4n) is 1.45. The number of rotatable bonds is 5. The SMILES string of the molecule is CC(C(=O)NCCc1cccs1)n1cncn1. The minimum absolute atomic E-state index is 0.0351. The molecule has 17 heavy (non-hydrogen) atoms. The monoisotopic (exact) mass is 250 g/mol. The summed E-state index contributed by atoms with van der Waals surface area (Å²) in [5.74, 6) is -0.0351. The molecule has 0 radical (unpaired) electrons. The van der Waals surface area contributed by atoms with Crippen LogP contribution in [0.1, 0.15) is 17.8 Å². The first-order valence-corrected chi connectivity index (χ1v) is 6.29. The number of carbonyl (C=O) groups is 1. The van der Waals surface area contributed by atoms with Gasteiger partial charge in [0.1, 0.15) is 18.7 Å². The van der Waals surface area contributed by atoms with E-state index in [9.17, 15) is 4.79 Å². The second-order valence-electron chi connectivity index (χ2n) is 3.67. The molecule has 1 N–H and O–H groups in total. The van der Waals surface area contributed by atoms with Crippen molar-refractivity contribution in [2.45, 2.75) is 19.4 Å². The van der Waals surface area contributed by atoms with Gasteiger partial charge in [-0.1, -0.05) is 6.07 Å². The third-order valence-corrected chi connectivity index (χ3v) is 3.40. The Bertz CT molecular complexity index is 452. The van der Waals surface area contributed by atoms with E-state index in [2.05, 4.69) is 21.5 Å². The zero-order chi connectivity index (χ0) is 12.1. The molecule has 5 nitrogen and oxygen atoms in total. The summed E-state index contributed by atoms with van der Waals surface area (Å²) in [5.41, 5.74) is 0. The molecule has 0 bridgehead atoms. The van der Waals surface area contributed by atoms with E-state index in [0.29, 0.717) is 6.54 Å². The number of carbonyl (C=O) groups excluding carboxylic acids is 1. The summed E-state index contributed by atoms with van der Waals surface area (Å²) < 4.78 is 1.54. The van der Waals surface area contributed by atoms with Crippen molar-refractivity contribution in [1.29, 1.82) is 0 Å². The van der Waals surface area contributed by atoms with Gasteiger partial charge in [-0.2, -0.15) is 5.10 Å². The fourth-order valence-corrected chi connectivity index (χ4v) is 2.16. The van der Waals surface area contributed by atoms with Crippen LogP contribution in [-0.2, 0) is 11.2 Å². The summed E-state index contributed by atoms with van der Waals surface area (Å²) in [6.07, 6.45) is 3.84. The third kappa shape index (κ3) is 3.13. The number of hydrogen-bond acceptors (Lipinski definition) is 4. The quantitative estimate of drug-likeness (QED) is 0.869. The minimum Gasteiger partial charge on any atom is -0.354 e. The second kappa shape index (κ2) is 5.58. The molecule has 2 aromatic rings. The maximum atomic E-state index is 11.8. The average Bonchev–Trinajstić information content (AvgIpc) is 3.00. The van der Waals surface area contributed by atoms with Gasteiger partial charge in [-0.15, -0.1) is 11.3 Å². The maximum absolute atomic E-state index is 11.8. The van der Waals surface area contributed by atoms with Crippen LogP contribution in [0.4, 0.5) is 0 Å². The topological polar surface area (TPSA) is 59.8 Å². The van der Waals surface area contributed by atoms with Gasteiger partial charge in [-0.25, -0.2) is 9.67 Å².